The number of aliphatic hydroxyl groups is 1. The second-order valence-electron chi connectivity index (χ2n) is 17.3. The van der Waals surface area contributed by atoms with Gasteiger partial charge in [0.1, 0.15) is 48.0 Å². The molecule has 0 bridgehead atoms. The molecule has 0 fully saturated rings. The molecule has 0 saturated carbocycles. The Morgan fingerprint density at radius 2 is 0.986 bits per heavy atom. The number of rotatable bonds is 33. The number of nitrogens with zero attached hydrogens (tertiary/aromatic N) is 1. The second-order valence-corrected chi connectivity index (χ2v) is 17.7. The smallest absolute Gasteiger partial charge is 0.326 e. The molecule has 0 spiro atoms. The zero-order valence-electron chi connectivity index (χ0n) is 39.8. The minimum atomic E-state index is -1.56. The highest BCUT2D eigenvalue weighted by atomic mass is 32.1. The summed E-state index contributed by atoms with van der Waals surface area (Å²) in [6, 6.07) is -6.04. The van der Waals surface area contributed by atoms with Gasteiger partial charge in [-0.05, 0) is 68.1 Å². The molecule has 1 aromatic carbocycles. The fourth-order valence-electron chi connectivity index (χ4n) is 6.57. The van der Waals surface area contributed by atoms with Crippen LogP contribution < -0.4 is 65.9 Å². The lowest BCUT2D eigenvalue weighted by atomic mass is 9.99. The molecule has 9 amide bonds. The van der Waals surface area contributed by atoms with Gasteiger partial charge in [-0.2, -0.15) is 12.6 Å². The van der Waals surface area contributed by atoms with Crippen molar-refractivity contribution in [2.75, 3.05) is 18.9 Å². The van der Waals surface area contributed by atoms with E-state index in [2.05, 4.69) is 54.8 Å². The van der Waals surface area contributed by atoms with Crippen molar-refractivity contribution in [3.63, 3.8) is 0 Å². The van der Waals surface area contributed by atoms with Gasteiger partial charge in [0.15, 0.2) is 5.96 Å². The Balaban J connectivity index is 3.49. The SMILES string of the molecule is CC(C)C[C@H](NC(=O)[C@@H](CCC(N)=O)NC(=O)[C@H](CS)NC(=O)[C@H](CO)NC(=O)[C@@H](N)CC(C)C)C(=O)N[C@@H](Cc1ccc(O)cc1)C(=O)N[C@@H](CCC(N)=O)C(=O)N[C@@H](CCCN=C(N)N)C(=O)O. The molecule has 0 aliphatic heterocycles. The summed E-state index contributed by atoms with van der Waals surface area (Å²) in [4.78, 5) is 135. The number of carboxylic acid groups (broad SMARTS) is 1. The number of guanidine groups is 1. The third kappa shape index (κ3) is 24.0. The number of aliphatic carboxylic acids is 1. The summed E-state index contributed by atoms with van der Waals surface area (Å²) < 4.78 is 0. The van der Waals surface area contributed by atoms with E-state index in [4.69, 9.17) is 28.7 Å². The molecular weight excluding hydrogens is 939 g/mol. The number of nitrogens with one attached hydrogen (secondary N) is 7. The summed E-state index contributed by atoms with van der Waals surface area (Å²) in [6.45, 7) is 6.27. The Hall–Kier alpha value is -6.74. The van der Waals surface area contributed by atoms with Crippen LogP contribution in [0.3, 0.4) is 0 Å². The molecule has 0 aromatic heterocycles. The molecule has 0 radical (unpaired) electrons. The fraction of sp³-hybridized carbons (Fsp3) is 0.605. The number of primary amides is 2. The molecule has 20 N–H and O–H groups in total. The van der Waals surface area contributed by atoms with Crippen LogP contribution in [0, 0.1) is 11.8 Å². The first-order valence-corrected chi connectivity index (χ1v) is 23.1. The molecule has 392 valence electrons. The number of nitrogens with two attached hydrogens (primary N) is 5. The fourth-order valence-corrected chi connectivity index (χ4v) is 6.82. The van der Waals surface area contributed by atoms with Crippen LogP contribution in [0.25, 0.3) is 0 Å². The largest absolute Gasteiger partial charge is 0.508 e. The molecule has 8 atom stereocenters. The van der Waals surface area contributed by atoms with Crippen LogP contribution in [0.15, 0.2) is 29.3 Å². The number of hydrogen-bond donors (Lipinski definition) is 16. The van der Waals surface area contributed by atoms with Crippen LogP contribution in [0.1, 0.15) is 84.6 Å². The van der Waals surface area contributed by atoms with Crippen molar-refractivity contribution in [1.29, 1.82) is 0 Å². The Morgan fingerprint density at radius 3 is 1.44 bits per heavy atom. The molecule has 1 aromatic rings. The Morgan fingerprint density at radius 1 is 0.571 bits per heavy atom. The quantitative estimate of drug-likeness (QED) is 0.0136. The molecule has 0 unspecified atom stereocenters. The molecule has 1 rings (SSSR count). The van der Waals surface area contributed by atoms with Gasteiger partial charge in [-0.1, -0.05) is 39.8 Å². The third-order valence-electron chi connectivity index (χ3n) is 10.2. The predicted molar refractivity (Wildman–Crippen MR) is 258 cm³/mol. The van der Waals surface area contributed by atoms with Gasteiger partial charge in [0.05, 0.1) is 12.6 Å². The maximum atomic E-state index is 14.2. The highest BCUT2D eigenvalue weighted by Gasteiger charge is 2.35. The molecule has 0 heterocycles. The zero-order chi connectivity index (χ0) is 53.2. The summed E-state index contributed by atoms with van der Waals surface area (Å²) in [5.41, 5.74) is 27.6. The average molecular weight is 1010 g/mol. The van der Waals surface area contributed by atoms with E-state index in [0.717, 1.165) is 0 Å². The number of carbonyl (C=O) groups excluding carboxylic acids is 9. The van der Waals surface area contributed by atoms with Gasteiger partial charge in [-0.25, -0.2) is 4.79 Å². The summed E-state index contributed by atoms with van der Waals surface area (Å²) >= 11 is 4.14. The van der Waals surface area contributed by atoms with Crippen LogP contribution in [0.5, 0.6) is 5.75 Å². The van der Waals surface area contributed by atoms with E-state index < -0.39 is 133 Å². The minimum absolute atomic E-state index is 0.0411. The van der Waals surface area contributed by atoms with E-state index in [1.54, 1.807) is 13.8 Å². The lowest BCUT2D eigenvalue weighted by Gasteiger charge is -2.28. The molecule has 0 aliphatic rings. The molecule has 27 heteroatoms. The van der Waals surface area contributed by atoms with Gasteiger partial charge in [-0.3, -0.25) is 48.1 Å². The van der Waals surface area contributed by atoms with Gasteiger partial charge < -0.3 is 81.2 Å². The number of amides is 9. The third-order valence-corrected chi connectivity index (χ3v) is 10.6. The Kier molecular flexibility index (Phi) is 27.5. The first-order valence-electron chi connectivity index (χ1n) is 22.5. The van der Waals surface area contributed by atoms with Crippen LogP contribution >= 0.6 is 12.6 Å². The highest BCUT2D eigenvalue weighted by Crippen LogP contribution is 2.14. The van der Waals surface area contributed by atoms with E-state index >= 15 is 0 Å². The first kappa shape index (κ1) is 61.3. The second kappa shape index (κ2) is 31.4. The number of benzene rings is 1. The molecular formula is C43H71N13O13S. The first-order chi connectivity index (χ1) is 32.8. The van der Waals surface area contributed by atoms with Crippen molar-refractivity contribution in [3.05, 3.63) is 29.8 Å². The highest BCUT2D eigenvalue weighted by molar-refractivity contribution is 7.80. The lowest BCUT2D eigenvalue weighted by Crippen LogP contribution is -2.61. The molecule has 26 nitrogen and oxygen atoms in total. The predicted octanol–water partition coefficient (Wildman–Crippen LogP) is -4.66. The number of aliphatic hydroxyl groups excluding tert-OH is 1. The van der Waals surface area contributed by atoms with Crippen molar-refractivity contribution in [3.8, 4) is 5.75 Å². The minimum Gasteiger partial charge on any atom is -0.508 e. The number of phenolic OH excluding ortho intramolecular Hbond substituents is 1. The van der Waals surface area contributed by atoms with Crippen molar-refractivity contribution in [2.45, 2.75) is 134 Å². The van der Waals surface area contributed by atoms with E-state index in [-0.39, 0.29) is 74.4 Å². The van der Waals surface area contributed by atoms with Crippen LogP contribution in [-0.4, -0.2) is 148 Å². The van der Waals surface area contributed by atoms with Gasteiger partial charge in [0, 0.05) is 31.6 Å². The van der Waals surface area contributed by atoms with E-state index in [9.17, 15) is 63.3 Å². The average Bonchev–Trinajstić information content (AvgIpc) is 3.27. The van der Waals surface area contributed by atoms with Crippen molar-refractivity contribution < 1.29 is 63.3 Å². The number of aromatic hydroxyl groups is 1. The van der Waals surface area contributed by atoms with Crippen LogP contribution in [-0.2, 0) is 54.4 Å². The summed E-state index contributed by atoms with van der Waals surface area (Å²) in [7, 11) is 0. The van der Waals surface area contributed by atoms with Crippen LogP contribution in [0.4, 0.5) is 0 Å². The lowest BCUT2D eigenvalue weighted by molar-refractivity contribution is -0.142. The van der Waals surface area contributed by atoms with Gasteiger partial charge in [0.2, 0.25) is 53.2 Å². The molecule has 0 aliphatic carbocycles. The summed E-state index contributed by atoms with van der Waals surface area (Å²) in [5, 5.41) is 46.5. The summed E-state index contributed by atoms with van der Waals surface area (Å²) in [6.07, 6.45) is -1.68. The number of hydrogen-bond acceptors (Lipinski definition) is 15. The Labute approximate surface area is 411 Å². The van der Waals surface area contributed by atoms with Crippen molar-refractivity contribution in [1.82, 2.24) is 37.2 Å². The van der Waals surface area contributed by atoms with Crippen molar-refractivity contribution >= 4 is 77.7 Å². The topological polar surface area (TPSA) is 458 Å². The number of carbonyl (C=O) groups is 10. The number of carboxylic acids is 1. The van der Waals surface area contributed by atoms with Crippen molar-refractivity contribution in [2.24, 2.45) is 45.5 Å². The van der Waals surface area contributed by atoms with Gasteiger partial charge >= 0.3 is 5.97 Å². The molecule has 0 saturated heterocycles. The number of aliphatic imine (C=N–C) groups is 1. The van der Waals surface area contributed by atoms with Crippen LogP contribution in [0.2, 0.25) is 0 Å². The van der Waals surface area contributed by atoms with E-state index in [1.165, 1.54) is 24.3 Å². The maximum absolute atomic E-state index is 14.2. The summed E-state index contributed by atoms with van der Waals surface area (Å²) in [5.74, 6) is -10.7. The van der Waals surface area contributed by atoms with E-state index in [1.807, 2.05) is 13.8 Å². The van der Waals surface area contributed by atoms with Gasteiger partial charge in [0.25, 0.3) is 0 Å². The van der Waals surface area contributed by atoms with Gasteiger partial charge in [-0.15, -0.1) is 0 Å². The maximum Gasteiger partial charge on any atom is 0.326 e. The molecule has 70 heavy (non-hydrogen) atoms. The Bertz CT molecular complexity index is 1990. The van der Waals surface area contributed by atoms with E-state index in [0.29, 0.717) is 5.56 Å². The normalized spacial score (nSPS) is 14.5. The standard InChI is InChI=1S/C43H71N13O13S/c1-21(2)16-25(44)35(61)55-31(19-57)40(66)56-32(20-70)41(67)51-27(12-14-34(46)60)37(63)53-29(17-22(3)4)38(64)54-30(18-23-7-9-24(58)10-8-23)39(65)50-26(11-13-33(45)59)36(62)52-28(42(68)69)6-5-15-49-43(47)48/h7-10,21-22,25-32,57-58,70H,5-6,11-20,44H2,1-4H3,(H2,45,59)(H2,46,60)(H,50,65)(H,51,67)(H,52,62)(H,53,63)(H,54,64)(H,55,61)(H,56,66)(H,68,69)(H4,47,48,49)/t25-,26-,27+,28-,29-,30-,31-,32-/m0/s1. The number of thiol groups is 1. The monoisotopic (exact) mass is 1010 g/mol. The number of phenols is 1. The zero-order valence-corrected chi connectivity index (χ0v) is 40.7.